The fraction of sp³-hybridized carbons (Fsp3) is 0.733. The van der Waals surface area contributed by atoms with Gasteiger partial charge in [0.2, 0.25) is 0 Å². The van der Waals surface area contributed by atoms with Crippen molar-refractivity contribution in [1.29, 1.82) is 0 Å². The molecule has 0 radical (unpaired) electrons. The van der Waals surface area contributed by atoms with E-state index in [0.717, 1.165) is 38.7 Å². The highest BCUT2D eigenvalue weighted by Gasteiger charge is 2.40. The second-order valence-electron chi connectivity index (χ2n) is 19.2. The Morgan fingerprint density at radius 3 is 1.44 bits per heavy atom. The van der Waals surface area contributed by atoms with Gasteiger partial charge < -0.3 is 23.8 Å². The van der Waals surface area contributed by atoms with E-state index < -0.39 is 0 Å². The first-order chi connectivity index (χ1) is 23.2. The molecule has 0 aliphatic carbocycles. The third-order valence-electron chi connectivity index (χ3n) is 11.0. The number of ether oxygens (including phenoxy) is 4. The van der Waals surface area contributed by atoms with E-state index in [2.05, 4.69) is 157 Å². The molecule has 0 fully saturated rings. The van der Waals surface area contributed by atoms with Crippen molar-refractivity contribution in [3.05, 3.63) is 71.8 Å². The lowest BCUT2D eigenvalue weighted by Gasteiger charge is -2.45. The molecule has 0 aromatic heterocycles. The second-order valence-corrected chi connectivity index (χ2v) is 19.2. The Kier molecular flexibility index (Phi) is 17.2. The molecule has 5 heteroatoms. The van der Waals surface area contributed by atoms with Crippen LogP contribution in [0.1, 0.15) is 126 Å². The molecule has 286 valence electrons. The van der Waals surface area contributed by atoms with Crippen LogP contribution >= 0.6 is 0 Å². The van der Waals surface area contributed by atoms with Gasteiger partial charge in [-0.25, -0.2) is 0 Å². The van der Waals surface area contributed by atoms with Crippen LogP contribution in [0.4, 0.5) is 0 Å². The zero-order valence-electron chi connectivity index (χ0n) is 34.9. The van der Waals surface area contributed by atoms with Crippen LogP contribution in [0.25, 0.3) is 0 Å². The first kappa shape index (κ1) is 44.4. The predicted octanol–water partition coefficient (Wildman–Crippen LogP) is 11.2. The van der Waals surface area contributed by atoms with E-state index in [4.69, 9.17) is 18.9 Å². The molecule has 3 unspecified atom stereocenters. The van der Waals surface area contributed by atoms with Crippen LogP contribution in [0.15, 0.2) is 60.7 Å². The van der Waals surface area contributed by atoms with Gasteiger partial charge in [-0.2, -0.15) is 0 Å². The van der Waals surface area contributed by atoms with Gasteiger partial charge in [0.25, 0.3) is 0 Å². The molecule has 3 atom stereocenters. The minimum Gasteiger partial charge on any atom is -0.378 e. The molecule has 50 heavy (non-hydrogen) atoms. The Hall–Kier alpha value is -1.76. The molecule has 0 aliphatic heterocycles. The standard InChI is InChI=1S/C45H77NO4/c1-15-44(11,35-48-28-38-25-21-18-22-26-38)32-45(12,16-2)36-50-39(42(7,8)31-43(9,10)46(13)14)29-49-34-41(5,6)30-40(3,4)33-47-27-37-23-19-17-20-24-37/h17-26,39H,15-16,27-36H2,1-14H3. The van der Waals surface area contributed by atoms with Gasteiger partial charge in [-0.1, -0.05) is 130 Å². The molecule has 2 aromatic rings. The summed E-state index contributed by atoms with van der Waals surface area (Å²) in [5.74, 6) is 0. The highest BCUT2D eigenvalue weighted by Crippen LogP contribution is 2.42. The highest BCUT2D eigenvalue weighted by atomic mass is 16.5. The Morgan fingerprint density at radius 2 is 0.980 bits per heavy atom. The summed E-state index contributed by atoms with van der Waals surface area (Å²) < 4.78 is 26.2. The topological polar surface area (TPSA) is 40.2 Å². The van der Waals surface area contributed by atoms with Crippen molar-refractivity contribution in [3.63, 3.8) is 0 Å². The summed E-state index contributed by atoms with van der Waals surface area (Å²) in [4.78, 5) is 2.33. The smallest absolute Gasteiger partial charge is 0.0860 e. The van der Waals surface area contributed by atoms with Crippen LogP contribution in [-0.2, 0) is 32.2 Å². The van der Waals surface area contributed by atoms with Gasteiger partial charge in [0.05, 0.1) is 52.4 Å². The van der Waals surface area contributed by atoms with Crippen molar-refractivity contribution in [3.8, 4) is 0 Å². The average Bonchev–Trinajstić information content (AvgIpc) is 3.02. The normalized spacial score (nSPS) is 16.3. The molecule has 0 bridgehead atoms. The maximum absolute atomic E-state index is 7.06. The van der Waals surface area contributed by atoms with Crippen LogP contribution in [0.5, 0.6) is 0 Å². The lowest BCUT2D eigenvalue weighted by Crippen LogP contribution is -2.48. The van der Waals surface area contributed by atoms with Crippen molar-refractivity contribution in [2.45, 2.75) is 140 Å². The number of benzene rings is 2. The Labute approximate surface area is 309 Å². The van der Waals surface area contributed by atoms with Crippen LogP contribution in [-0.4, -0.2) is 63.7 Å². The molecule has 2 rings (SSSR count). The van der Waals surface area contributed by atoms with Crippen LogP contribution in [0.2, 0.25) is 0 Å². The minimum atomic E-state index is -0.0933. The molecule has 0 heterocycles. The zero-order chi connectivity index (χ0) is 37.7. The van der Waals surface area contributed by atoms with Gasteiger partial charge in [-0.05, 0) is 98.2 Å². The van der Waals surface area contributed by atoms with E-state index in [1.807, 2.05) is 6.07 Å². The molecule has 0 saturated heterocycles. The molecular weight excluding hydrogens is 618 g/mol. The molecule has 0 N–H and O–H groups in total. The number of hydrogen-bond donors (Lipinski definition) is 0. The van der Waals surface area contributed by atoms with E-state index in [1.165, 1.54) is 11.1 Å². The van der Waals surface area contributed by atoms with Crippen LogP contribution in [0, 0.1) is 27.1 Å². The summed E-state index contributed by atoms with van der Waals surface area (Å²) in [6.07, 6.45) is 5.13. The number of hydrogen-bond acceptors (Lipinski definition) is 5. The van der Waals surface area contributed by atoms with Gasteiger partial charge in [0, 0.05) is 5.54 Å². The van der Waals surface area contributed by atoms with E-state index >= 15 is 0 Å². The Morgan fingerprint density at radius 1 is 0.540 bits per heavy atom. The lowest BCUT2D eigenvalue weighted by molar-refractivity contribution is -0.125. The fourth-order valence-electron chi connectivity index (χ4n) is 7.62. The van der Waals surface area contributed by atoms with Crippen LogP contribution < -0.4 is 0 Å². The van der Waals surface area contributed by atoms with Crippen LogP contribution in [0.3, 0.4) is 0 Å². The highest BCUT2D eigenvalue weighted by molar-refractivity contribution is 5.14. The Bertz CT molecular complexity index is 1210. The first-order valence-corrected chi connectivity index (χ1v) is 19.3. The Balaban J connectivity index is 2.09. The SMILES string of the molecule is CCC(C)(COCc1ccccc1)CC(C)(CC)COC(COCC(C)(C)CC(C)(C)COCc1ccccc1)C(C)(C)CC(C)(C)N(C)C. The summed E-state index contributed by atoms with van der Waals surface area (Å²) in [5.41, 5.74) is 2.50. The maximum atomic E-state index is 7.06. The third kappa shape index (κ3) is 15.9. The summed E-state index contributed by atoms with van der Waals surface area (Å²) in [6.45, 7) is 32.7. The molecule has 0 spiro atoms. The third-order valence-corrected chi connectivity index (χ3v) is 11.0. The van der Waals surface area contributed by atoms with E-state index in [-0.39, 0.29) is 38.7 Å². The van der Waals surface area contributed by atoms with Gasteiger partial charge in [-0.15, -0.1) is 0 Å². The van der Waals surface area contributed by atoms with Gasteiger partial charge in [0.1, 0.15) is 0 Å². The summed E-state index contributed by atoms with van der Waals surface area (Å²) in [6, 6.07) is 20.9. The predicted molar refractivity (Wildman–Crippen MR) is 213 cm³/mol. The summed E-state index contributed by atoms with van der Waals surface area (Å²) in [5, 5.41) is 0. The van der Waals surface area contributed by atoms with Crippen molar-refractivity contribution >= 4 is 0 Å². The van der Waals surface area contributed by atoms with E-state index in [9.17, 15) is 0 Å². The molecule has 5 nitrogen and oxygen atoms in total. The van der Waals surface area contributed by atoms with Crippen molar-refractivity contribution < 1.29 is 18.9 Å². The summed E-state index contributed by atoms with van der Waals surface area (Å²) in [7, 11) is 4.35. The van der Waals surface area contributed by atoms with E-state index in [0.29, 0.717) is 39.6 Å². The van der Waals surface area contributed by atoms with Gasteiger partial charge in [-0.3, -0.25) is 0 Å². The van der Waals surface area contributed by atoms with Gasteiger partial charge >= 0.3 is 0 Å². The molecule has 0 aliphatic rings. The number of nitrogens with zero attached hydrogens (tertiary/aromatic N) is 1. The molecule has 2 aromatic carbocycles. The fourth-order valence-corrected chi connectivity index (χ4v) is 7.62. The molecule has 0 saturated carbocycles. The van der Waals surface area contributed by atoms with Crippen molar-refractivity contribution in [1.82, 2.24) is 4.90 Å². The maximum Gasteiger partial charge on any atom is 0.0860 e. The zero-order valence-corrected chi connectivity index (χ0v) is 34.9. The number of rotatable bonds is 25. The quantitative estimate of drug-likeness (QED) is 0.103. The lowest BCUT2D eigenvalue weighted by atomic mass is 9.70. The van der Waals surface area contributed by atoms with Crippen molar-refractivity contribution in [2.24, 2.45) is 27.1 Å². The molecule has 0 amide bonds. The second kappa shape index (κ2) is 19.4. The average molecular weight is 696 g/mol. The summed E-state index contributed by atoms with van der Waals surface area (Å²) >= 11 is 0. The first-order valence-electron chi connectivity index (χ1n) is 19.3. The van der Waals surface area contributed by atoms with Crippen molar-refractivity contribution in [2.75, 3.05) is 47.1 Å². The largest absolute Gasteiger partial charge is 0.378 e. The van der Waals surface area contributed by atoms with Gasteiger partial charge in [0.15, 0.2) is 0 Å². The van der Waals surface area contributed by atoms with E-state index in [1.54, 1.807) is 0 Å². The molecular formula is C45H77NO4. The minimum absolute atomic E-state index is 0.00215. The monoisotopic (exact) mass is 696 g/mol.